The molecule has 1 aliphatic rings. The molecule has 1 saturated heterocycles. The minimum absolute atomic E-state index is 0.0182. The Bertz CT molecular complexity index is 594. The monoisotopic (exact) mass is 306 g/mol. The molecule has 22 heavy (non-hydrogen) atoms. The Balaban J connectivity index is 1.83. The molecule has 8 heteroatoms. The van der Waals surface area contributed by atoms with Crippen molar-refractivity contribution in [3.63, 3.8) is 0 Å². The molecule has 0 bridgehead atoms. The van der Waals surface area contributed by atoms with Crippen LogP contribution in [0.25, 0.3) is 0 Å². The van der Waals surface area contributed by atoms with Crippen molar-refractivity contribution in [3.05, 3.63) is 29.8 Å². The Labute approximate surface area is 125 Å². The molecule has 1 aromatic carbocycles. The molecule has 1 heterocycles. The van der Waals surface area contributed by atoms with E-state index in [4.69, 9.17) is 4.74 Å². The number of ether oxygens (including phenoxy) is 1. The van der Waals surface area contributed by atoms with E-state index in [1.807, 2.05) is 0 Å². The quantitative estimate of drug-likeness (QED) is 0.770. The molecule has 0 saturated carbocycles. The van der Waals surface area contributed by atoms with Crippen LogP contribution in [-0.2, 0) is 19.2 Å². The van der Waals surface area contributed by atoms with E-state index in [1.54, 1.807) is 12.1 Å². The van der Waals surface area contributed by atoms with Crippen molar-refractivity contribution < 1.29 is 28.8 Å². The fourth-order valence-corrected chi connectivity index (χ4v) is 1.79. The predicted molar refractivity (Wildman–Crippen MR) is 72.5 cm³/mol. The molecule has 0 spiro atoms. The molecule has 0 aromatic heterocycles. The first-order chi connectivity index (χ1) is 10.5. The Hall–Kier alpha value is -2.90. The van der Waals surface area contributed by atoms with E-state index in [-0.39, 0.29) is 12.8 Å². The van der Waals surface area contributed by atoms with E-state index < -0.39 is 30.2 Å². The van der Waals surface area contributed by atoms with Gasteiger partial charge in [-0.05, 0) is 24.3 Å². The molecule has 1 N–H and O–H groups in total. The Morgan fingerprint density at radius 3 is 2.27 bits per heavy atom. The topological polar surface area (TPSA) is 102 Å². The number of amides is 3. The predicted octanol–water partition coefficient (Wildman–Crippen LogP) is 0.0322. The fraction of sp³-hybridized carbons (Fsp3) is 0.286. The zero-order chi connectivity index (χ0) is 16.1. The summed E-state index contributed by atoms with van der Waals surface area (Å²) in [7, 11) is 1.51. The minimum Gasteiger partial charge on any atom is -0.497 e. The molecule has 1 fully saturated rings. The number of nitrogens with one attached hydrogen (secondary N) is 1. The van der Waals surface area contributed by atoms with Crippen LogP contribution in [0.5, 0.6) is 5.75 Å². The molecule has 1 aliphatic heterocycles. The van der Waals surface area contributed by atoms with Gasteiger partial charge in [0.15, 0.2) is 0 Å². The van der Waals surface area contributed by atoms with Crippen LogP contribution in [0.3, 0.4) is 0 Å². The van der Waals surface area contributed by atoms with Crippen LogP contribution >= 0.6 is 0 Å². The summed E-state index contributed by atoms with van der Waals surface area (Å²) in [5.74, 6) is -1.93. The van der Waals surface area contributed by atoms with Gasteiger partial charge in [-0.1, -0.05) is 0 Å². The van der Waals surface area contributed by atoms with Crippen LogP contribution < -0.4 is 10.1 Å². The lowest BCUT2D eigenvalue weighted by molar-refractivity contribution is -0.196. The average Bonchev–Trinajstić information content (AvgIpc) is 2.84. The number of nitrogens with zero attached hydrogens (tertiary/aromatic N) is 1. The van der Waals surface area contributed by atoms with Crippen molar-refractivity contribution in [3.8, 4) is 5.75 Å². The van der Waals surface area contributed by atoms with Gasteiger partial charge in [0, 0.05) is 18.4 Å². The molecule has 116 valence electrons. The molecular weight excluding hydrogens is 292 g/mol. The lowest BCUT2D eigenvalue weighted by Gasteiger charge is -2.12. The summed E-state index contributed by atoms with van der Waals surface area (Å²) < 4.78 is 4.97. The number of hydrogen-bond donors (Lipinski definition) is 1. The fourth-order valence-electron chi connectivity index (χ4n) is 1.79. The van der Waals surface area contributed by atoms with Crippen LogP contribution in [0.15, 0.2) is 24.3 Å². The Kier molecular flexibility index (Phi) is 4.72. The van der Waals surface area contributed by atoms with Crippen LogP contribution in [0.1, 0.15) is 23.2 Å². The highest BCUT2D eigenvalue weighted by molar-refractivity contribution is 6.02. The molecule has 0 aliphatic carbocycles. The zero-order valence-electron chi connectivity index (χ0n) is 11.8. The highest BCUT2D eigenvalue weighted by Crippen LogP contribution is 2.12. The van der Waals surface area contributed by atoms with Crippen molar-refractivity contribution >= 4 is 23.7 Å². The van der Waals surface area contributed by atoms with E-state index in [9.17, 15) is 19.2 Å². The average molecular weight is 306 g/mol. The summed E-state index contributed by atoms with van der Waals surface area (Å²) in [6.45, 7) is -0.456. The van der Waals surface area contributed by atoms with Crippen molar-refractivity contribution in [1.82, 2.24) is 10.4 Å². The van der Waals surface area contributed by atoms with E-state index in [0.29, 0.717) is 16.4 Å². The third-order valence-corrected chi connectivity index (χ3v) is 2.94. The molecule has 3 amide bonds. The second-order valence-electron chi connectivity index (χ2n) is 4.46. The van der Waals surface area contributed by atoms with Crippen molar-refractivity contribution in [2.45, 2.75) is 12.8 Å². The molecule has 0 atom stereocenters. The number of rotatable bonds is 5. The minimum atomic E-state index is -0.898. The highest BCUT2D eigenvalue weighted by Gasteiger charge is 2.32. The van der Waals surface area contributed by atoms with Crippen LogP contribution in [-0.4, -0.2) is 42.4 Å². The molecule has 2 rings (SSSR count). The second kappa shape index (κ2) is 6.70. The largest absolute Gasteiger partial charge is 0.497 e. The molecule has 0 unspecified atom stereocenters. The van der Waals surface area contributed by atoms with Crippen LogP contribution in [0.2, 0.25) is 0 Å². The third-order valence-electron chi connectivity index (χ3n) is 2.94. The maximum Gasteiger partial charge on any atom is 0.352 e. The molecule has 8 nitrogen and oxygen atoms in total. The summed E-state index contributed by atoms with van der Waals surface area (Å²) in [5.41, 5.74) is 0.335. The first-order valence-corrected chi connectivity index (χ1v) is 6.50. The van der Waals surface area contributed by atoms with E-state index in [1.165, 1.54) is 19.2 Å². The van der Waals surface area contributed by atoms with E-state index >= 15 is 0 Å². The van der Waals surface area contributed by atoms with E-state index in [2.05, 4.69) is 10.2 Å². The summed E-state index contributed by atoms with van der Waals surface area (Å²) in [5, 5.41) is 2.77. The Morgan fingerprint density at radius 2 is 1.73 bits per heavy atom. The summed E-state index contributed by atoms with van der Waals surface area (Å²) in [6.07, 6.45) is 0.0364. The van der Waals surface area contributed by atoms with Gasteiger partial charge in [0.1, 0.15) is 12.3 Å². The van der Waals surface area contributed by atoms with Gasteiger partial charge in [-0.3, -0.25) is 14.4 Å². The first kappa shape index (κ1) is 15.5. The normalized spacial score (nSPS) is 14.0. The van der Waals surface area contributed by atoms with Gasteiger partial charge < -0.3 is 14.9 Å². The molecular formula is C14H14N2O6. The maximum absolute atomic E-state index is 11.8. The van der Waals surface area contributed by atoms with Gasteiger partial charge in [-0.15, -0.1) is 5.06 Å². The van der Waals surface area contributed by atoms with Gasteiger partial charge in [0.05, 0.1) is 7.11 Å². The Morgan fingerprint density at radius 1 is 1.14 bits per heavy atom. The standard InChI is InChI=1S/C14H14N2O6/c1-21-10-4-2-9(3-5-10)14(20)15-8-13(19)22-16-11(17)6-7-12(16)18/h2-5H,6-8H2,1H3,(H,15,20). The number of hydroxylamine groups is 2. The molecule has 0 radical (unpaired) electrons. The number of carbonyl (C=O) groups is 4. The van der Waals surface area contributed by atoms with Crippen molar-refractivity contribution in [2.75, 3.05) is 13.7 Å². The lowest BCUT2D eigenvalue weighted by Crippen LogP contribution is -2.37. The lowest BCUT2D eigenvalue weighted by atomic mass is 10.2. The van der Waals surface area contributed by atoms with Crippen molar-refractivity contribution in [2.24, 2.45) is 0 Å². The first-order valence-electron chi connectivity index (χ1n) is 6.50. The van der Waals surface area contributed by atoms with Gasteiger partial charge in [-0.25, -0.2) is 4.79 Å². The van der Waals surface area contributed by atoms with Gasteiger partial charge in [0.25, 0.3) is 17.7 Å². The number of carbonyl (C=O) groups excluding carboxylic acids is 4. The number of methoxy groups -OCH3 is 1. The van der Waals surface area contributed by atoms with E-state index in [0.717, 1.165) is 0 Å². The zero-order valence-corrected chi connectivity index (χ0v) is 11.8. The van der Waals surface area contributed by atoms with Crippen LogP contribution in [0.4, 0.5) is 0 Å². The number of benzene rings is 1. The number of imide groups is 1. The summed E-state index contributed by atoms with van der Waals surface area (Å²) >= 11 is 0. The second-order valence-corrected chi connectivity index (χ2v) is 4.46. The SMILES string of the molecule is COc1ccc(C(=O)NCC(=O)ON2C(=O)CCC2=O)cc1. The van der Waals surface area contributed by atoms with Crippen LogP contribution in [0, 0.1) is 0 Å². The summed E-state index contributed by atoms with van der Waals surface area (Å²) in [6, 6.07) is 6.28. The third kappa shape index (κ3) is 3.60. The maximum atomic E-state index is 11.8. The highest BCUT2D eigenvalue weighted by atomic mass is 16.7. The summed E-state index contributed by atoms with van der Waals surface area (Å²) in [4.78, 5) is 50.5. The smallest absolute Gasteiger partial charge is 0.352 e. The van der Waals surface area contributed by atoms with Crippen molar-refractivity contribution in [1.29, 1.82) is 0 Å². The van der Waals surface area contributed by atoms with Gasteiger partial charge in [-0.2, -0.15) is 0 Å². The van der Waals surface area contributed by atoms with Gasteiger partial charge in [0.2, 0.25) is 0 Å². The van der Waals surface area contributed by atoms with Gasteiger partial charge >= 0.3 is 5.97 Å². The molecule has 1 aromatic rings. The number of hydrogen-bond acceptors (Lipinski definition) is 6.